The SMILES string of the molecule is Cc1nc(N2C3CC2CN(Cc2cncc(Br)c2)C3)c2ccncc2n1. The number of piperazine rings is 1. The Hall–Kier alpha value is -2.12. The van der Waals surface area contributed by atoms with Gasteiger partial charge in [0.05, 0.1) is 11.7 Å². The van der Waals surface area contributed by atoms with Crippen molar-refractivity contribution < 1.29 is 0 Å². The molecule has 2 atom stereocenters. The van der Waals surface area contributed by atoms with Gasteiger partial charge in [-0.3, -0.25) is 14.9 Å². The summed E-state index contributed by atoms with van der Waals surface area (Å²) in [6, 6.07) is 5.21. The van der Waals surface area contributed by atoms with Crippen LogP contribution in [0.5, 0.6) is 0 Å². The molecule has 2 unspecified atom stereocenters. The maximum Gasteiger partial charge on any atom is 0.140 e. The van der Waals surface area contributed by atoms with Gasteiger partial charge >= 0.3 is 0 Å². The third-order valence-corrected chi connectivity index (χ3v) is 5.71. The number of aryl methyl sites for hydroxylation is 1. The Balaban J connectivity index is 1.39. The molecule has 2 bridgehead atoms. The summed E-state index contributed by atoms with van der Waals surface area (Å²) in [7, 11) is 0. The minimum absolute atomic E-state index is 0.513. The van der Waals surface area contributed by atoms with Gasteiger partial charge in [0, 0.05) is 60.2 Å². The van der Waals surface area contributed by atoms with E-state index in [1.165, 1.54) is 12.0 Å². The standard InChI is InChI=1S/C19H19BrN6/c1-12-23-18-8-21-3-2-17(18)19(24-12)26-15-5-16(26)11-25(10-15)9-13-4-14(20)7-22-6-13/h2-4,6-8,15-16H,5,9-11H2,1H3. The molecule has 0 amide bonds. The van der Waals surface area contributed by atoms with Crippen LogP contribution in [0.15, 0.2) is 41.4 Å². The Morgan fingerprint density at radius 2 is 1.96 bits per heavy atom. The highest BCUT2D eigenvalue weighted by molar-refractivity contribution is 9.10. The predicted molar refractivity (Wildman–Crippen MR) is 104 cm³/mol. The van der Waals surface area contributed by atoms with Gasteiger partial charge < -0.3 is 4.90 Å². The van der Waals surface area contributed by atoms with Gasteiger partial charge in [-0.25, -0.2) is 9.97 Å². The summed E-state index contributed by atoms with van der Waals surface area (Å²) >= 11 is 3.51. The molecule has 0 saturated carbocycles. The largest absolute Gasteiger partial charge is 0.347 e. The van der Waals surface area contributed by atoms with Crippen LogP contribution >= 0.6 is 15.9 Å². The summed E-state index contributed by atoms with van der Waals surface area (Å²) in [6.45, 7) is 5.01. The van der Waals surface area contributed by atoms with Gasteiger partial charge in [-0.2, -0.15) is 0 Å². The Labute approximate surface area is 160 Å². The lowest BCUT2D eigenvalue weighted by Crippen LogP contribution is -2.69. The highest BCUT2D eigenvalue weighted by Gasteiger charge is 2.45. The summed E-state index contributed by atoms with van der Waals surface area (Å²) in [5.41, 5.74) is 2.18. The van der Waals surface area contributed by atoms with Gasteiger partial charge in [-0.1, -0.05) is 0 Å². The van der Waals surface area contributed by atoms with E-state index in [0.717, 1.165) is 46.7 Å². The first-order valence-electron chi connectivity index (χ1n) is 8.86. The van der Waals surface area contributed by atoms with Crippen molar-refractivity contribution in [3.05, 3.63) is 52.8 Å². The van der Waals surface area contributed by atoms with Gasteiger partial charge in [0.15, 0.2) is 0 Å². The van der Waals surface area contributed by atoms with Crippen molar-refractivity contribution >= 4 is 32.7 Å². The molecule has 3 aromatic rings. The van der Waals surface area contributed by atoms with Crippen molar-refractivity contribution in [2.75, 3.05) is 18.0 Å². The first kappa shape index (κ1) is 16.1. The average Bonchev–Trinajstić information content (AvgIpc) is 2.61. The second-order valence-electron chi connectivity index (χ2n) is 7.14. The van der Waals surface area contributed by atoms with E-state index in [4.69, 9.17) is 4.98 Å². The molecule has 26 heavy (non-hydrogen) atoms. The molecular weight excluding hydrogens is 392 g/mol. The van der Waals surface area contributed by atoms with Crippen LogP contribution in [-0.2, 0) is 6.54 Å². The Bertz CT molecular complexity index is 965. The van der Waals surface area contributed by atoms with Crippen LogP contribution in [0.1, 0.15) is 17.8 Å². The first-order valence-corrected chi connectivity index (χ1v) is 9.65. The Morgan fingerprint density at radius 3 is 2.77 bits per heavy atom. The Morgan fingerprint density at radius 1 is 1.12 bits per heavy atom. The van der Waals surface area contributed by atoms with Crippen LogP contribution in [0.4, 0.5) is 5.82 Å². The third kappa shape index (κ3) is 2.75. The molecule has 3 saturated heterocycles. The molecule has 3 aliphatic rings. The minimum atomic E-state index is 0.513. The molecule has 3 fully saturated rings. The number of aromatic nitrogens is 4. The molecule has 6 nitrogen and oxygen atoms in total. The maximum atomic E-state index is 4.78. The molecule has 0 spiro atoms. The number of anilines is 1. The average molecular weight is 411 g/mol. The molecule has 3 aliphatic heterocycles. The zero-order chi connectivity index (χ0) is 17.7. The first-order chi connectivity index (χ1) is 12.7. The maximum absolute atomic E-state index is 4.78. The lowest BCUT2D eigenvalue weighted by molar-refractivity contribution is 0.108. The van der Waals surface area contributed by atoms with Crippen molar-refractivity contribution in [3.63, 3.8) is 0 Å². The molecule has 0 aromatic carbocycles. The molecule has 3 aromatic heterocycles. The van der Waals surface area contributed by atoms with E-state index in [9.17, 15) is 0 Å². The van der Waals surface area contributed by atoms with Crippen LogP contribution in [0.3, 0.4) is 0 Å². The summed E-state index contributed by atoms with van der Waals surface area (Å²) in [4.78, 5) is 22.8. The number of rotatable bonds is 3. The van der Waals surface area contributed by atoms with Gasteiger partial charge in [-0.05, 0) is 47.0 Å². The van der Waals surface area contributed by atoms with E-state index < -0.39 is 0 Å². The molecule has 0 N–H and O–H groups in total. The second-order valence-corrected chi connectivity index (χ2v) is 8.06. The second kappa shape index (κ2) is 6.25. The van der Waals surface area contributed by atoms with Crippen molar-refractivity contribution in [2.45, 2.75) is 32.0 Å². The zero-order valence-electron chi connectivity index (χ0n) is 14.5. The fourth-order valence-corrected chi connectivity index (χ4v) is 4.66. The van der Waals surface area contributed by atoms with Crippen molar-refractivity contribution in [3.8, 4) is 0 Å². The molecule has 0 radical (unpaired) electrons. The van der Waals surface area contributed by atoms with E-state index in [0.29, 0.717) is 12.1 Å². The van der Waals surface area contributed by atoms with Crippen LogP contribution in [0.2, 0.25) is 0 Å². The van der Waals surface area contributed by atoms with E-state index in [1.807, 2.05) is 37.8 Å². The molecular formula is C19H19BrN6. The molecule has 0 aliphatic carbocycles. The smallest absolute Gasteiger partial charge is 0.140 e. The van der Waals surface area contributed by atoms with Crippen LogP contribution in [0.25, 0.3) is 10.9 Å². The number of nitrogens with zero attached hydrogens (tertiary/aromatic N) is 6. The van der Waals surface area contributed by atoms with Crippen LogP contribution in [-0.4, -0.2) is 50.0 Å². The Kier molecular flexibility index (Phi) is 3.86. The number of hydrogen-bond acceptors (Lipinski definition) is 6. The predicted octanol–water partition coefficient (Wildman–Crippen LogP) is 2.95. The lowest BCUT2D eigenvalue weighted by Gasteiger charge is -2.57. The topological polar surface area (TPSA) is 58.0 Å². The quantitative estimate of drug-likeness (QED) is 0.661. The van der Waals surface area contributed by atoms with Gasteiger partial charge in [0.1, 0.15) is 11.6 Å². The van der Waals surface area contributed by atoms with Crippen LogP contribution in [0, 0.1) is 6.92 Å². The number of fused-ring (bicyclic) bond motifs is 3. The third-order valence-electron chi connectivity index (χ3n) is 5.27. The van der Waals surface area contributed by atoms with Crippen molar-refractivity contribution in [1.29, 1.82) is 0 Å². The number of halogens is 1. The fourth-order valence-electron chi connectivity index (χ4n) is 4.25. The fraction of sp³-hybridized carbons (Fsp3) is 0.368. The van der Waals surface area contributed by atoms with E-state index >= 15 is 0 Å². The van der Waals surface area contributed by atoms with Gasteiger partial charge in [0.2, 0.25) is 0 Å². The van der Waals surface area contributed by atoms with E-state index in [1.54, 1.807) is 0 Å². The highest BCUT2D eigenvalue weighted by Crippen LogP contribution is 2.39. The highest BCUT2D eigenvalue weighted by atomic mass is 79.9. The normalized spacial score (nSPS) is 22.5. The molecule has 6 heterocycles. The number of hydrogen-bond donors (Lipinski definition) is 0. The summed E-state index contributed by atoms with van der Waals surface area (Å²) in [6.07, 6.45) is 8.68. The van der Waals surface area contributed by atoms with Crippen molar-refractivity contribution in [1.82, 2.24) is 24.8 Å². The monoisotopic (exact) mass is 410 g/mol. The van der Waals surface area contributed by atoms with E-state index in [-0.39, 0.29) is 0 Å². The zero-order valence-corrected chi connectivity index (χ0v) is 16.1. The van der Waals surface area contributed by atoms with Gasteiger partial charge in [-0.15, -0.1) is 0 Å². The molecule has 6 rings (SSSR count). The number of pyridine rings is 2. The molecule has 7 heteroatoms. The molecule has 132 valence electrons. The van der Waals surface area contributed by atoms with Crippen molar-refractivity contribution in [2.24, 2.45) is 0 Å². The van der Waals surface area contributed by atoms with Crippen LogP contribution < -0.4 is 4.90 Å². The van der Waals surface area contributed by atoms with E-state index in [2.05, 4.69) is 46.7 Å². The minimum Gasteiger partial charge on any atom is -0.347 e. The lowest BCUT2D eigenvalue weighted by atomic mass is 9.87. The van der Waals surface area contributed by atoms with Gasteiger partial charge in [0.25, 0.3) is 0 Å². The number of piperidine rings is 1. The summed E-state index contributed by atoms with van der Waals surface area (Å²) in [5, 5.41) is 1.10. The summed E-state index contributed by atoms with van der Waals surface area (Å²) in [5.74, 6) is 1.88. The summed E-state index contributed by atoms with van der Waals surface area (Å²) < 4.78 is 1.04.